The summed E-state index contributed by atoms with van der Waals surface area (Å²) in [6.45, 7) is 3.41. The van der Waals surface area contributed by atoms with Gasteiger partial charge < -0.3 is 9.47 Å². The molecule has 5 nitrogen and oxygen atoms in total. The number of benzene rings is 1. The molecule has 0 N–H and O–H groups in total. The van der Waals surface area contributed by atoms with Crippen molar-refractivity contribution in [2.24, 2.45) is 0 Å². The van der Waals surface area contributed by atoms with E-state index in [9.17, 15) is 13.6 Å². The molecule has 0 saturated carbocycles. The van der Waals surface area contributed by atoms with Crippen LogP contribution in [0.2, 0.25) is 5.15 Å². The van der Waals surface area contributed by atoms with Gasteiger partial charge in [0.1, 0.15) is 5.15 Å². The standard InChI is InChI=1S/C17H17ClF2N2O3/c1-4-25-17(23)15-12(8-9-24-3)16(18)22(21-15)10(2)11-6-5-7-13(19)14(11)20/h5-10H,4H2,1-3H3. The minimum absolute atomic E-state index is 0.0381. The van der Waals surface area contributed by atoms with Crippen LogP contribution in [0.3, 0.4) is 0 Å². The summed E-state index contributed by atoms with van der Waals surface area (Å²) in [4.78, 5) is 12.1. The Morgan fingerprint density at radius 2 is 2.16 bits per heavy atom. The highest BCUT2D eigenvalue weighted by molar-refractivity contribution is 6.31. The van der Waals surface area contributed by atoms with E-state index < -0.39 is 23.6 Å². The molecule has 0 saturated heterocycles. The van der Waals surface area contributed by atoms with E-state index in [0.29, 0.717) is 0 Å². The second kappa shape index (κ2) is 8.11. The monoisotopic (exact) mass is 370 g/mol. The van der Waals surface area contributed by atoms with Gasteiger partial charge in [0, 0.05) is 11.1 Å². The molecule has 0 aliphatic carbocycles. The summed E-state index contributed by atoms with van der Waals surface area (Å²) in [5.74, 6) is -2.64. The van der Waals surface area contributed by atoms with E-state index >= 15 is 0 Å². The van der Waals surface area contributed by atoms with Gasteiger partial charge >= 0.3 is 5.97 Å². The third-order valence-corrected chi connectivity index (χ3v) is 3.90. The molecule has 2 rings (SSSR count). The average Bonchev–Trinajstić information content (AvgIpc) is 2.92. The van der Waals surface area contributed by atoms with Crippen LogP contribution in [0.4, 0.5) is 8.78 Å². The highest BCUT2D eigenvalue weighted by Gasteiger charge is 2.26. The summed E-state index contributed by atoms with van der Waals surface area (Å²) in [7, 11) is 1.43. The number of aromatic nitrogens is 2. The third-order valence-electron chi connectivity index (χ3n) is 3.52. The minimum atomic E-state index is -0.992. The molecule has 0 aliphatic rings. The van der Waals surface area contributed by atoms with E-state index in [1.54, 1.807) is 13.8 Å². The lowest BCUT2D eigenvalue weighted by atomic mass is 10.1. The number of halogens is 3. The fourth-order valence-electron chi connectivity index (χ4n) is 2.29. The molecule has 1 aromatic carbocycles. The number of rotatable bonds is 6. The van der Waals surface area contributed by atoms with Crippen molar-refractivity contribution >= 4 is 23.6 Å². The van der Waals surface area contributed by atoms with Gasteiger partial charge in [-0.1, -0.05) is 23.7 Å². The molecule has 1 aromatic heterocycles. The van der Waals surface area contributed by atoms with Crippen molar-refractivity contribution in [3.63, 3.8) is 0 Å². The summed E-state index contributed by atoms with van der Waals surface area (Å²) in [6, 6.07) is 3.09. The Morgan fingerprint density at radius 1 is 1.44 bits per heavy atom. The van der Waals surface area contributed by atoms with Gasteiger partial charge in [-0.25, -0.2) is 18.3 Å². The van der Waals surface area contributed by atoms with Crippen LogP contribution < -0.4 is 0 Å². The van der Waals surface area contributed by atoms with Gasteiger partial charge in [-0.15, -0.1) is 0 Å². The first-order valence-electron chi connectivity index (χ1n) is 7.50. The van der Waals surface area contributed by atoms with Gasteiger partial charge in [-0.05, 0) is 26.0 Å². The van der Waals surface area contributed by atoms with E-state index in [1.165, 1.54) is 36.3 Å². The minimum Gasteiger partial charge on any atom is -0.504 e. The lowest BCUT2D eigenvalue weighted by Crippen LogP contribution is -2.13. The van der Waals surface area contributed by atoms with Crippen LogP contribution in [0.1, 0.15) is 41.5 Å². The maximum absolute atomic E-state index is 14.1. The van der Waals surface area contributed by atoms with Crippen LogP contribution in [0.5, 0.6) is 0 Å². The first kappa shape index (κ1) is 18.9. The molecule has 8 heteroatoms. The number of hydrogen-bond acceptors (Lipinski definition) is 4. The largest absolute Gasteiger partial charge is 0.504 e. The second-order valence-corrected chi connectivity index (χ2v) is 5.43. The van der Waals surface area contributed by atoms with Crippen molar-refractivity contribution in [3.8, 4) is 0 Å². The Balaban J connectivity index is 2.56. The van der Waals surface area contributed by atoms with Gasteiger partial charge in [-0.3, -0.25) is 0 Å². The van der Waals surface area contributed by atoms with Gasteiger partial charge in [-0.2, -0.15) is 5.10 Å². The maximum Gasteiger partial charge on any atom is 0.359 e. The summed E-state index contributed by atoms with van der Waals surface area (Å²) in [5, 5.41) is 4.22. The highest BCUT2D eigenvalue weighted by atomic mass is 35.5. The smallest absolute Gasteiger partial charge is 0.359 e. The summed E-state index contributed by atoms with van der Waals surface area (Å²) in [5.41, 5.74) is 0.288. The molecular formula is C17H17ClF2N2O3. The first-order valence-corrected chi connectivity index (χ1v) is 7.88. The fourth-order valence-corrected chi connectivity index (χ4v) is 2.63. The van der Waals surface area contributed by atoms with Crippen LogP contribution in [0.25, 0.3) is 6.08 Å². The third kappa shape index (κ3) is 3.82. The van der Waals surface area contributed by atoms with Gasteiger partial charge in [0.15, 0.2) is 17.3 Å². The molecular weight excluding hydrogens is 354 g/mol. The molecule has 0 amide bonds. The van der Waals surface area contributed by atoms with Crippen LogP contribution in [-0.4, -0.2) is 29.5 Å². The quantitative estimate of drug-likeness (QED) is 0.564. The van der Waals surface area contributed by atoms with Crippen molar-refractivity contribution in [3.05, 3.63) is 58.1 Å². The Hall–Kier alpha value is -2.41. The van der Waals surface area contributed by atoms with E-state index in [0.717, 1.165) is 6.07 Å². The Bertz CT molecular complexity index is 805. The highest BCUT2D eigenvalue weighted by Crippen LogP contribution is 2.30. The zero-order chi connectivity index (χ0) is 18.6. The fraction of sp³-hybridized carbons (Fsp3) is 0.294. The molecule has 1 heterocycles. The predicted molar refractivity (Wildman–Crippen MR) is 89.4 cm³/mol. The zero-order valence-corrected chi connectivity index (χ0v) is 14.7. The first-order chi connectivity index (χ1) is 11.9. The van der Waals surface area contributed by atoms with E-state index in [4.69, 9.17) is 21.1 Å². The lowest BCUT2D eigenvalue weighted by molar-refractivity contribution is 0.0518. The lowest BCUT2D eigenvalue weighted by Gasteiger charge is -2.15. The van der Waals surface area contributed by atoms with Crippen molar-refractivity contribution in [1.29, 1.82) is 0 Å². The van der Waals surface area contributed by atoms with Crippen LogP contribution in [-0.2, 0) is 9.47 Å². The van der Waals surface area contributed by atoms with Crippen LogP contribution in [0, 0.1) is 11.6 Å². The van der Waals surface area contributed by atoms with Crippen LogP contribution >= 0.6 is 11.6 Å². The summed E-state index contributed by atoms with van der Waals surface area (Å²) in [6.07, 6.45) is 2.77. The second-order valence-electron chi connectivity index (χ2n) is 5.08. The summed E-state index contributed by atoms with van der Waals surface area (Å²) >= 11 is 6.32. The molecule has 134 valence electrons. The van der Waals surface area contributed by atoms with Crippen molar-refractivity contribution in [1.82, 2.24) is 9.78 Å². The number of methoxy groups -OCH3 is 1. The zero-order valence-electron chi connectivity index (χ0n) is 13.9. The molecule has 2 aromatic rings. The molecule has 0 radical (unpaired) electrons. The molecule has 1 unspecified atom stereocenters. The number of carbonyl (C=O) groups excluding carboxylic acids is 1. The number of carbonyl (C=O) groups is 1. The maximum atomic E-state index is 14.1. The molecule has 0 spiro atoms. The Morgan fingerprint density at radius 3 is 2.80 bits per heavy atom. The van der Waals surface area contributed by atoms with Crippen molar-refractivity contribution < 1.29 is 23.0 Å². The number of hydrogen-bond donors (Lipinski definition) is 0. The van der Waals surface area contributed by atoms with Gasteiger partial charge in [0.05, 0.1) is 26.0 Å². The topological polar surface area (TPSA) is 53.3 Å². The van der Waals surface area contributed by atoms with E-state index in [1.807, 2.05) is 0 Å². The number of nitrogens with zero attached hydrogens (tertiary/aromatic N) is 2. The van der Waals surface area contributed by atoms with Crippen molar-refractivity contribution in [2.45, 2.75) is 19.9 Å². The number of ether oxygens (including phenoxy) is 2. The van der Waals surface area contributed by atoms with Crippen LogP contribution in [0.15, 0.2) is 24.5 Å². The van der Waals surface area contributed by atoms with Gasteiger partial charge in [0.25, 0.3) is 0 Å². The predicted octanol–water partition coefficient (Wildman–Crippen LogP) is 4.22. The Kier molecular flexibility index (Phi) is 6.14. The molecule has 0 bridgehead atoms. The normalized spacial score (nSPS) is 12.4. The number of esters is 1. The van der Waals surface area contributed by atoms with E-state index in [2.05, 4.69) is 5.10 Å². The Labute approximate surface area is 148 Å². The SMILES string of the molecule is CCOC(=O)c1nn(C(C)c2cccc(F)c2F)c(Cl)c1C=COC. The average molecular weight is 371 g/mol. The van der Waals surface area contributed by atoms with E-state index in [-0.39, 0.29) is 28.6 Å². The summed E-state index contributed by atoms with van der Waals surface area (Å²) < 4.78 is 38.6. The molecule has 0 fully saturated rings. The molecule has 1 atom stereocenters. The molecule has 0 aliphatic heterocycles. The van der Waals surface area contributed by atoms with Crippen molar-refractivity contribution in [2.75, 3.05) is 13.7 Å². The molecule has 25 heavy (non-hydrogen) atoms. The van der Waals surface area contributed by atoms with Gasteiger partial charge in [0.2, 0.25) is 0 Å².